The molecule has 6 heteroatoms. The molecule has 5 nitrogen and oxygen atoms in total. The van der Waals surface area contributed by atoms with Crippen LogP contribution in [0.4, 0.5) is 15.8 Å². The van der Waals surface area contributed by atoms with E-state index in [4.69, 9.17) is 0 Å². The number of rotatable bonds is 2. The second-order valence-corrected chi connectivity index (χ2v) is 4.64. The monoisotopic (exact) mass is 253 g/mol. The summed E-state index contributed by atoms with van der Waals surface area (Å²) in [5, 5.41) is 11.0. The molecule has 0 bridgehead atoms. The van der Waals surface area contributed by atoms with Gasteiger partial charge in [-0.05, 0) is 26.1 Å². The number of benzene rings is 1. The highest BCUT2D eigenvalue weighted by Crippen LogP contribution is 2.31. The minimum Gasteiger partial charge on any atom is -0.363 e. The molecule has 1 atom stereocenters. The molecule has 98 valence electrons. The number of hydrogen-bond donors (Lipinski definition) is 0. The highest BCUT2D eigenvalue weighted by molar-refractivity contribution is 5.64. The van der Waals surface area contributed by atoms with Crippen molar-refractivity contribution in [1.82, 2.24) is 4.90 Å². The van der Waals surface area contributed by atoms with Crippen molar-refractivity contribution in [2.24, 2.45) is 0 Å². The molecule has 1 aromatic rings. The molecule has 0 N–H and O–H groups in total. The third-order valence-electron chi connectivity index (χ3n) is 3.45. The number of likely N-dealkylation sites (N-methyl/N-ethyl adjacent to an activating group) is 1. The molecule has 0 saturated carbocycles. The summed E-state index contributed by atoms with van der Waals surface area (Å²) in [6.07, 6.45) is 0. The van der Waals surface area contributed by atoms with E-state index in [1.54, 1.807) is 6.07 Å². The van der Waals surface area contributed by atoms with Gasteiger partial charge in [0.25, 0.3) is 0 Å². The van der Waals surface area contributed by atoms with Gasteiger partial charge in [-0.25, -0.2) is 0 Å². The summed E-state index contributed by atoms with van der Waals surface area (Å²) >= 11 is 0. The molecule has 0 amide bonds. The summed E-state index contributed by atoms with van der Waals surface area (Å²) in [5.74, 6) is -0.774. The van der Waals surface area contributed by atoms with Crippen molar-refractivity contribution in [3.05, 3.63) is 34.1 Å². The first-order valence-electron chi connectivity index (χ1n) is 5.89. The maximum atomic E-state index is 13.6. The van der Waals surface area contributed by atoms with Crippen LogP contribution in [0.3, 0.4) is 0 Å². The van der Waals surface area contributed by atoms with Crippen LogP contribution in [0.5, 0.6) is 0 Å². The number of para-hydroxylation sites is 1. The van der Waals surface area contributed by atoms with Crippen LogP contribution in [0.25, 0.3) is 0 Å². The highest BCUT2D eigenvalue weighted by atomic mass is 19.1. The van der Waals surface area contributed by atoms with Crippen LogP contribution < -0.4 is 4.90 Å². The van der Waals surface area contributed by atoms with Gasteiger partial charge >= 0.3 is 5.69 Å². The number of hydrogen-bond acceptors (Lipinski definition) is 4. The molecule has 1 unspecified atom stereocenters. The summed E-state index contributed by atoms with van der Waals surface area (Å²) in [4.78, 5) is 14.4. The quantitative estimate of drug-likeness (QED) is 0.596. The zero-order chi connectivity index (χ0) is 13.3. The summed E-state index contributed by atoms with van der Waals surface area (Å²) < 4.78 is 13.6. The van der Waals surface area contributed by atoms with Crippen molar-refractivity contribution >= 4 is 11.4 Å². The Kier molecular flexibility index (Phi) is 3.47. The summed E-state index contributed by atoms with van der Waals surface area (Å²) in [5.41, 5.74) is -0.0470. The van der Waals surface area contributed by atoms with Crippen LogP contribution in [-0.2, 0) is 0 Å². The van der Waals surface area contributed by atoms with E-state index < -0.39 is 16.4 Å². The number of piperazine rings is 1. The SMILES string of the molecule is CC1CN(c2cccc(F)c2[N+](=O)[O-])CCN1C. The fraction of sp³-hybridized carbons (Fsp3) is 0.500. The van der Waals surface area contributed by atoms with E-state index in [1.807, 2.05) is 11.9 Å². The lowest BCUT2D eigenvalue weighted by Crippen LogP contribution is -2.50. The number of nitrogens with zero attached hydrogens (tertiary/aromatic N) is 3. The molecule has 0 spiro atoms. The fourth-order valence-electron chi connectivity index (χ4n) is 2.21. The van der Waals surface area contributed by atoms with E-state index in [0.29, 0.717) is 24.8 Å². The van der Waals surface area contributed by atoms with Gasteiger partial charge in [0.1, 0.15) is 5.69 Å². The van der Waals surface area contributed by atoms with E-state index in [1.165, 1.54) is 6.07 Å². The van der Waals surface area contributed by atoms with E-state index in [0.717, 1.165) is 12.6 Å². The van der Waals surface area contributed by atoms with Gasteiger partial charge in [-0.3, -0.25) is 10.1 Å². The largest absolute Gasteiger partial charge is 0.363 e. The Morgan fingerprint density at radius 1 is 1.44 bits per heavy atom. The van der Waals surface area contributed by atoms with Gasteiger partial charge in [-0.2, -0.15) is 4.39 Å². The third kappa shape index (κ3) is 2.28. The average molecular weight is 253 g/mol. The molecule has 0 aliphatic carbocycles. The molecule has 18 heavy (non-hydrogen) atoms. The molecule has 1 heterocycles. The van der Waals surface area contributed by atoms with Crippen LogP contribution in [0, 0.1) is 15.9 Å². The van der Waals surface area contributed by atoms with Gasteiger partial charge < -0.3 is 9.80 Å². The van der Waals surface area contributed by atoms with Gasteiger partial charge in [0.15, 0.2) is 0 Å². The van der Waals surface area contributed by atoms with Gasteiger partial charge in [-0.1, -0.05) is 6.07 Å². The third-order valence-corrected chi connectivity index (χ3v) is 3.45. The van der Waals surface area contributed by atoms with Crippen molar-refractivity contribution in [3.8, 4) is 0 Å². The number of halogens is 1. The fourth-order valence-corrected chi connectivity index (χ4v) is 2.21. The Labute approximate surface area is 105 Å². The first-order valence-corrected chi connectivity index (χ1v) is 5.89. The number of anilines is 1. The molecule has 1 aromatic carbocycles. The van der Waals surface area contributed by atoms with Crippen molar-refractivity contribution in [2.75, 3.05) is 31.6 Å². The smallest absolute Gasteiger partial charge is 0.327 e. The summed E-state index contributed by atoms with van der Waals surface area (Å²) in [6.45, 7) is 4.21. The lowest BCUT2D eigenvalue weighted by molar-refractivity contribution is -0.386. The predicted octanol–water partition coefficient (Wildman–Crippen LogP) is 1.87. The Bertz CT molecular complexity index is 467. The summed E-state index contributed by atoms with van der Waals surface area (Å²) in [6, 6.07) is 4.54. The van der Waals surface area contributed by atoms with Gasteiger partial charge in [0, 0.05) is 25.7 Å². The Morgan fingerprint density at radius 2 is 2.17 bits per heavy atom. The standard InChI is InChI=1S/C12H16FN3O2/c1-9-8-15(7-6-14(9)2)11-5-3-4-10(13)12(11)16(17)18/h3-5,9H,6-8H2,1-2H3. The van der Waals surface area contributed by atoms with Crippen LogP contribution in [0.2, 0.25) is 0 Å². The van der Waals surface area contributed by atoms with Gasteiger partial charge in [0.05, 0.1) is 4.92 Å². The minimum absolute atomic E-state index is 0.293. The van der Waals surface area contributed by atoms with Crippen LogP contribution in [-0.4, -0.2) is 42.5 Å². The van der Waals surface area contributed by atoms with Crippen LogP contribution in [0.1, 0.15) is 6.92 Å². The molecule has 1 saturated heterocycles. The molecule has 2 rings (SSSR count). The van der Waals surface area contributed by atoms with Crippen molar-refractivity contribution in [3.63, 3.8) is 0 Å². The molecular weight excluding hydrogens is 237 g/mol. The highest BCUT2D eigenvalue weighted by Gasteiger charge is 2.28. The molecule has 1 fully saturated rings. The molecule has 1 aliphatic heterocycles. The Hall–Kier alpha value is -1.69. The normalized spacial score (nSPS) is 21.1. The minimum atomic E-state index is -0.774. The van der Waals surface area contributed by atoms with E-state index in [-0.39, 0.29) is 0 Å². The van der Waals surface area contributed by atoms with Crippen LogP contribution in [0.15, 0.2) is 18.2 Å². The van der Waals surface area contributed by atoms with E-state index >= 15 is 0 Å². The maximum absolute atomic E-state index is 13.6. The molecule has 0 radical (unpaired) electrons. The van der Waals surface area contributed by atoms with E-state index in [9.17, 15) is 14.5 Å². The van der Waals surface area contributed by atoms with Crippen molar-refractivity contribution in [2.45, 2.75) is 13.0 Å². The number of nitro benzene ring substituents is 1. The lowest BCUT2D eigenvalue weighted by Gasteiger charge is -2.38. The molecular formula is C12H16FN3O2. The second-order valence-electron chi connectivity index (χ2n) is 4.64. The lowest BCUT2D eigenvalue weighted by atomic mass is 10.1. The van der Waals surface area contributed by atoms with Gasteiger partial charge in [0.2, 0.25) is 5.82 Å². The average Bonchev–Trinajstić information content (AvgIpc) is 2.32. The van der Waals surface area contributed by atoms with E-state index in [2.05, 4.69) is 11.8 Å². The number of nitro groups is 1. The van der Waals surface area contributed by atoms with Crippen LogP contribution >= 0.6 is 0 Å². The zero-order valence-corrected chi connectivity index (χ0v) is 10.5. The molecule has 0 aromatic heterocycles. The van der Waals surface area contributed by atoms with Crippen molar-refractivity contribution in [1.29, 1.82) is 0 Å². The summed E-state index contributed by atoms with van der Waals surface area (Å²) in [7, 11) is 2.02. The zero-order valence-electron chi connectivity index (χ0n) is 10.5. The second kappa shape index (κ2) is 4.89. The first-order chi connectivity index (χ1) is 8.50. The maximum Gasteiger partial charge on any atom is 0.327 e. The Morgan fingerprint density at radius 3 is 2.78 bits per heavy atom. The molecule has 1 aliphatic rings. The predicted molar refractivity (Wildman–Crippen MR) is 67.4 cm³/mol. The topological polar surface area (TPSA) is 49.6 Å². The van der Waals surface area contributed by atoms with Crippen molar-refractivity contribution < 1.29 is 9.31 Å². The van der Waals surface area contributed by atoms with Gasteiger partial charge in [-0.15, -0.1) is 0 Å². The first kappa shape index (κ1) is 12.8. The Balaban J connectivity index is 2.34.